The van der Waals surface area contributed by atoms with Crippen LogP contribution < -0.4 is 0 Å². The van der Waals surface area contributed by atoms with Gasteiger partial charge in [-0.3, -0.25) is 4.57 Å². The topological polar surface area (TPSA) is 102 Å². The van der Waals surface area contributed by atoms with Crippen molar-refractivity contribution in [2.45, 2.75) is 5.53 Å². The van der Waals surface area contributed by atoms with Crippen molar-refractivity contribution >= 4 is 7.60 Å². The van der Waals surface area contributed by atoms with Crippen LogP contribution in [0.1, 0.15) is 5.82 Å². The first-order chi connectivity index (χ1) is 6.98. The van der Waals surface area contributed by atoms with Gasteiger partial charge in [-0.15, -0.1) is 0 Å². The summed E-state index contributed by atoms with van der Waals surface area (Å²) < 4.78 is 20.7. The van der Waals surface area contributed by atoms with E-state index >= 15 is 0 Å². The molecule has 15 heavy (non-hydrogen) atoms. The molecule has 8 heteroatoms. The Hall–Kier alpha value is -0.850. The third kappa shape index (κ3) is 2.06. The maximum atomic E-state index is 11.3. The standard InChI is InChI=1S/C7H11N2O5P/c1-13-7(14-2,15(10,11)12)6-8-4-3-5-9-6/h3-5H,1-2H3,(H2,10,11,12). The van der Waals surface area contributed by atoms with Crippen LogP contribution in [0.15, 0.2) is 18.5 Å². The molecule has 84 valence electrons. The average molecular weight is 234 g/mol. The number of nitrogens with zero attached hydrogens (tertiary/aromatic N) is 2. The van der Waals surface area contributed by atoms with Crippen molar-refractivity contribution in [1.82, 2.24) is 9.97 Å². The van der Waals surface area contributed by atoms with E-state index in [4.69, 9.17) is 19.3 Å². The van der Waals surface area contributed by atoms with Gasteiger partial charge in [0.1, 0.15) is 0 Å². The average Bonchev–Trinajstić information content (AvgIpc) is 2.20. The van der Waals surface area contributed by atoms with Gasteiger partial charge >= 0.3 is 13.1 Å². The van der Waals surface area contributed by atoms with E-state index in [0.717, 1.165) is 14.2 Å². The Morgan fingerprint density at radius 1 is 1.27 bits per heavy atom. The largest absolute Gasteiger partial charge is 0.393 e. The van der Waals surface area contributed by atoms with Crippen LogP contribution in [0.4, 0.5) is 0 Å². The van der Waals surface area contributed by atoms with Crippen LogP contribution in [-0.4, -0.2) is 34.0 Å². The zero-order chi connectivity index (χ0) is 11.5. The van der Waals surface area contributed by atoms with Gasteiger partial charge in [-0.05, 0) is 6.07 Å². The molecule has 0 unspecified atom stereocenters. The highest BCUT2D eigenvalue weighted by Crippen LogP contribution is 2.56. The molecule has 0 bridgehead atoms. The SMILES string of the molecule is COC(OC)(c1ncccn1)P(=O)(O)O. The molecule has 2 N–H and O–H groups in total. The van der Waals surface area contributed by atoms with Crippen molar-refractivity contribution in [1.29, 1.82) is 0 Å². The van der Waals surface area contributed by atoms with E-state index in [1.807, 2.05) is 0 Å². The molecule has 0 aliphatic carbocycles. The first-order valence-corrected chi connectivity index (χ1v) is 5.52. The third-order valence-electron chi connectivity index (χ3n) is 1.79. The first-order valence-electron chi connectivity index (χ1n) is 3.91. The van der Waals surface area contributed by atoms with Crippen molar-refractivity contribution < 1.29 is 23.8 Å². The molecule has 0 fully saturated rings. The van der Waals surface area contributed by atoms with Crippen LogP contribution in [-0.2, 0) is 19.6 Å². The number of ether oxygens (including phenoxy) is 2. The number of methoxy groups -OCH3 is 2. The molecule has 0 saturated carbocycles. The van der Waals surface area contributed by atoms with E-state index in [0.29, 0.717) is 0 Å². The number of aromatic nitrogens is 2. The fourth-order valence-corrected chi connectivity index (χ4v) is 1.95. The second-order valence-corrected chi connectivity index (χ2v) is 4.28. The predicted molar refractivity (Wildman–Crippen MR) is 49.8 cm³/mol. The second kappa shape index (κ2) is 4.34. The van der Waals surface area contributed by atoms with Crippen LogP contribution in [0.3, 0.4) is 0 Å². The van der Waals surface area contributed by atoms with Crippen molar-refractivity contribution in [3.63, 3.8) is 0 Å². The molecular formula is C7H11N2O5P. The molecular weight excluding hydrogens is 223 g/mol. The maximum Gasteiger partial charge on any atom is 0.393 e. The molecule has 1 aromatic heterocycles. The zero-order valence-corrected chi connectivity index (χ0v) is 9.09. The fraction of sp³-hybridized carbons (Fsp3) is 0.429. The van der Waals surface area contributed by atoms with Gasteiger partial charge in [0.25, 0.3) is 0 Å². The predicted octanol–water partition coefficient (Wildman–Crippen LogP) is 0.0574. The lowest BCUT2D eigenvalue weighted by Gasteiger charge is -2.28. The van der Waals surface area contributed by atoms with Gasteiger partial charge in [-0.2, -0.15) is 0 Å². The maximum absolute atomic E-state index is 11.3. The van der Waals surface area contributed by atoms with Crippen LogP contribution >= 0.6 is 7.60 Å². The Kier molecular flexibility index (Phi) is 3.54. The van der Waals surface area contributed by atoms with Crippen LogP contribution in [0, 0.1) is 0 Å². The summed E-state index contributed by atoms with van der Waals surface area (Å²) in [5.74, 6) is -0.219. The van der Waals surface area contributed by atoms with Crippen molar-refractivity contribution in [2.75, 3.05) is 14.2 Å². The lowest BCUT2D eigenvalue weighted by molar-refractivity contribution is -0.168. The van der Waals surface area contributed by atoms with Gasteiger partial charge in [0.2, 0.25) is 5.82 Å². The Morgan fingerprint density at radius 3 is 2.07 bits per heavy atom. The van der Waals surface area contributed by atoms with Gasteiger partial charge < -0.3 is 19.3 Å². The Morgan fingerprint density at radius 2 is 1.73 bits per heavy atom. The molecule has 1 aromatic rings. The van der Waals surface area contributed by atoms with Gasteiger partial charge in [0.15, 0.2) is 0 Å². The normalized spacial score (nSPS) is 12.8. The van der Waals surface area contributed by atoms with Crippen molar-refractivity contribution in [3.8, 4) is 0 Å². The van der Waals surface area contributed by atoms with E-state index in [1.165, 1.54) is 18.5 Å². The molecule has 0 aliphatic rings. The van der Waals surface area contributed by atoms with E-state index < -0.39 is 13.1 Å². The lowest BCUT2D eigenvalue weighted by Crippen LogP contribution is -2.32. The van der Waals surface area contributed by atoms with Crippen LogP contribution in [0.5, 0.6) is 0 Å². The van der Waals surface area contributed by atoms with Gasteiger partial charge in [-0.25, -0.2) is 9.97 Å². The zero-order valence-electron chi connectivity index (χ0n) is 8.19. The summed E-state index contributed by atoms with van der Waals surface area (Å²) >= 11 is 0. The summed E-state index contributed by atoms with van der Waals surface area (Å²) in [7, 11) is -2.48. The van der Waals surface area contributed by atoms with Crippen LogP contribution in [0.2, 0.25) is 0 Å². The third-order valence-corrected chi connectivity index (χ3v) is 3.12. The van der Waals surface area contributed by atoms with E-state index in [-0.39, 0.29) is 5.82 Å². The smallest absolute Gasteiger partial charge is 0.337 e. The molecule has 1 heterocycles. The Balaban J connectivity index is 3.31. The molecule has 0 spiro atoms. The fourth-order valence-electron chi connectivity index (χ4n) is 1.10. The number of hydrogen-bond acceptors (Lipinski definition) is 5. The molecule has 0 saturated heterocycles. The highest BCUT2D eigenvalue weighted by molar-refractivity contribution is 7.52. The Bertz CT molecular complexity index is 361. The summed E-state index contributed by atoms with van der Waals surface area (Å²) in [4.78, 5) is 25.7. The molecule has 0 aromatic carbocycles. The molecule has 0 amide bonds. The van der Waals surface area contributed by atoms with Crippen molar-refractivity contribution in [3.05, 3.63) is 24.3 Å². The first kappa shape index (κ1) is 12.2. The molecule has 1 rings (SSSR count). The van der Waals surface area contributed by atoms with E-state index in [9.17, 15) is 4.57 Å². The monoisotopic (exact) mass is 234 g/mol. The number of hydrogen-bond donors (Lipinski definition) is 2. The van der Waals surface area contributed by atoms with E-state index in [1.54, 1.807) is 0 Å². The van der Waals surface area contributed by atoms with Gasteiger partial charge in [-0.1, -0.05) is 0 Å². The Labute approximate surface area is 86.2 Å². The second-order valence-electron chi connectivity index (χ2n) is 2.61. The lowest BCUT2D eigenvalue weighted by atomic mass is 10.5. The molecule has 0 atom stereocenters. The van der Waals surface area contributed by atoms with Crippen LogP contribution in [0.25, 0.3) is 0 Å². The minimum Gasteiger partial charge on any atom is -0.337 e. The summed E-state index contributed by atoms with van der Waals surface area (Å²) in [6.07, 6.45) is 2.68. The van der Waals surface area contributed by atoms with E-state index in [2.05, 4.69) is 9.97 Å². The summed E-state index contributed by atoms with van der Waals surface area (Å²) in [5, 5.41) is 0. The summed E-state index contributed by atoms with van der Waals surface area (Å²) in [5.41, 5.74) is -2.24. The quantitative estimate of drug-likeness (QED) is 0.560. The minimum atomic E-state index is -4.70. The van der Waals surface area contributed by atoms with Gasteiger partial charge in [0, 0.05) is 26.6 Å². The summed E-state index contributed by atoms with van der Waals surface area (Å²) in [6.45, 7) is 0. The van der Waals surface area contributed by atoms with Crippen molar-refractivity contribution in [2.24, 2.45) is 0 Å². The molecule has 0 aliphatic heterocycles. The molecule has 7 nitrogen and oxygen atoms in total. The number of rotatable bonds is 4. The summed E-state index contributed by atoms with van der Waals surface area (Å²) in [6, 6.07) is 1.51. The highest BCUT2D eigenvalue weighted by atomic mass is 31.2. The molecule has 0 radical (unpaired) electrons. The van der Waals surface area contributed by atoms with Gasteiger partial charge in [0.05, 0.1) is 0 Å². The highest BCUT2D eigenvalue weighted by Gasteiger charge is 2.53. The minimum absolute atomic E-state index is 0.219.